The van der Waals surface area contributed by atoms with Crippen molar-refractivity contribution in [2.45, 2.75) is 13.0 Å². The zero-order chi connectivity index (χ0) is 10.4. The third-order valence-corrected chi connectivity index (χ3v) is 2.40. The monoisotopic (exact) mass is 201 g/mol. The average molecular weight is 201 g/mol. The zero-order valence-electron chi connectivity index (χ0n) is 8.62. The van der Waals surface area contributed by atoms with Crippen molar-refractivity contribution < 1.29 is 9.90 Å². The van der Waals surface area contributed by atoms with E-state index in [-0.39, 0.29) is 18.6 Å². The number of hydrogen-bond donors (Lipinski definition) is 3. The molecule has 5 heteroatoms. The van der Waals surface area contributed by atoms with Crippen LogP contribution in [0.25, 0.3) is 0 Å². The standard InChI is InChI=1S/C9H19N3O2/c1-2-12(5-6-13)9(14)8-7-10-3-4-11-8/h8,10-11,13H,2-7H2,1H3. The summed E-state index contributed by atoms with van der Waals surface area (Å²) in [6.45, 7) is 5.44. The van der Waals surface area contributed by atoms with E-state index in [1.807, 2.05) is 6.92 Å². The maximum atomic E-state index is 11.8. The fourth-order valence-electron chi connectivity index (χ4n) is 1.59. The molecule has 1 amide bonds. The molecule has 5 nitrogen and oxygen atoms in total. The van der Waals surface area contributed by atoms with E-state index in [4.69, 9.17) is 5.11 Å². The molecule has 0 aromatic rings. The van der Waals surface area contributed by atoms with Gasteiger partial charge in [0, 0.05) is 32.7 Å². The number of piperazine rings is 1. The fraction of sp³-hybridized carbons (Fsp3) is 0.889. The summed E-state index contributed by atoms with van der Waals surface area (Å²) in [6, 6.07) is -0.129. The molecule has 1 fully saturated rings. The van der Waals surface area contributed by atoms with E-state index in [2.05, 4.69) is 10.6 Å². The second kappa shape index (κ2) is 5.95. The first kappa shape index (κ1) is 11.4. The molecule has 0 spiro atoms. The molecule has 82 valence electrons. The first-order valence-corrected chi connectivity index (χ1v) is 5.13. The van der Waals surface area contributed by atoms with E-state index in [1.54, 1.807) is 4.90 Å². The lowest BCUT2D eigenvalue weighted by Crippen LogP contribution is -2.56. The quantitative estimate of drug-likeness (QED) is 0.512. The van der Waals surface area contributed by atoms with Gasteiger partial charge in [-0.05, 0) is 6.92 Å². The molecular formula is C9H19N3O2. The summed E-state index contributed by atoms with van der Waals surface area (Å²) < 4.78 is 0. The molecule has 1 aliphatic heterocycles. The van der Waals surface area contributed by atoms with Crippen LogP contribution in [0, 0.1) is 0 Å². The number of carbonyl (C=O) groups is 1. The van der Waals surface area contributed by atoms with Gasteiger partial charge in [0.05, 0.1) is 12.6 Å². The predicted octanol–water partition coefficient (Wildman–Crippen LogP) is -1.61. The first-order valence-electron chi connectivity index (χ1n) is 5.13. The Morgan fingerprint density at radius 2 is 2.36 bits per heavy atom. The largest absolute Gasteiger partial charge is 0.395 e. The van der Waals surface area contributed by atoms with Crippen molar-refractivity contribution in [2.75, 3.05) is 39.3 Å². The fourth-order valence-corrected chi connectivity index (χ4v) is 1.59. The summed E-state index contributed by atoms with van der Waals surface area (Å²) in [5.74, 6) is 0.0775. The maximum Gasteiger partial charge on any atom is 0.241 e. The van der Waals surface area contributed by atoms with Gasteiger partial charge in [0.1, 0.15) is 0 Å². The van der Waals surface area contributed by atoms with Crippen molar-refractivity contribution in [1.29, 1.82) is 0 Å². The second-order valence-electron chi connectivity index (χ2n) is 3.35. The molecule has 1 rings (SSSR count). The van der Waals surface area contributed by atoms with Gasteiger partial charge in [0.15, 0.2) is 0 Å². The lowest BCUT2D eigenvalue weighted by Gasteiger charge is -2.29. The molecule has 0 aliphatic carbocycles. The highest BCUT2D eigenvalue weighted by Crippen LogP contribution is 1.96. The maximum absolute atomic E-state index is 11.8. The lowest BCUT2D eigenvalue weighted by atomic mass is 10.2. The molecule has 3 N–H and O–H groups in total. The lowest BCUT2D eigenvalue weighted by molar-refractivity contribution is -0.134. The Bertz CT molecular complexity index is 174. The van der Waals surface area contributed by atoms with Crippen LogP contribution < -0.4 is 10.6 Å². The Labute approximate surface area is 84.5 Å². The van der Waals surface area contributed by atoms with Gasteiger partial charge in [-0.15, -0.1) is 0 Å². The Morgan fingerprint density at radius 3 is 2.86 bits per heavy atom. The topological polar surface area (TPSA) is 64.6 Å². The van der Waals surface area contributed by atoms with Crippen LogP contribution in [0.2, 0.25) is 0 Å². The summed E-state index contributed by atoms with van der Waals surface area (Å²) in [4.78, 5) is 13.5. The average Bonchev–Trinajstić information content (AvgIpc) is 2.26. The molecule has 0 aromatic carbocycles. The highest BCUT2D eigenvalue weighted by molar-refractivity contribution is 5.82. The molecule has 0 saturated carbocycles. The highest BCUT2D eigenvalue weighted by atomic mass is 16.3. The minimum Gasteiger partial charge on any atom is -0.395 e. The molecule has 0 radical (unpaired) electrons. The number of aliphatic hydroxyl groups excluding tert-OH is 1. The minimum absolute atomic E-state index is 0.0275. The molecule has 1 aliphatic rings. The number of aliphatic hydroxyl groups is 1. The van der Waals surface area contributed by atoms with Crippen LogP contribution >= 0.6 is 0 Å². The molecule has 1 heterocycles. The number of rotatable bonds is 4. The number of carbonyl (C=O) groups excluding carboxylic acids is 1. The van der Waals surface area contributed by atoms with E-state index < -0.39 is 0 Å². The Balaban J connectivity index is 2.43. The zero-order valence-corrected chi connectivity index (χ0v) is 8.62. The van der Waals surface area contributed by atoms with E-state index in [0.29, 0.717) is 19.6 Å². The molecule has 1 unspecified atom stereocenters. The third kappa shape index (κ3) is 2.94. The molecule has 1 atom stereocenters. The molecule has 14 heavy (non-hydrogen) atoms. The van der Waals surface area contributed by atoms with Crippen LogP contribution in [0.3, 0.4) is 0 Å². The van der Waals surface area contributed by atoms with E-state index in [9.17, 15) is 4.79 Å². The van der Waals surface area contributed by atoms with Crippen LogP contribution in [0.1, 0.15) is 6.92 Å². The third-order valence-electron chi connectivity index (χ3n) is 2.40. The molecular weight excluding hydrogens is 182 g/mol. The van der Waals surface area contributed by atoms with Gasteiger partial charge in [0.2, 0.25) is 5.91 Å². The SMILES string of the molecule is CCN(CCO)C(=O)C1CNCCN1. The van der Waals surface area contributed by atoms with Gasteiger partial charge >= 0.3 is 0 Å². The Hall–Kier alpha value is -0.650. The van der Waals surface area contributed by atoms with Crippen molar-refractivity contribution in [1.82, 2.24) is 15.5 Å². The smallest absolute Gasteiger partial charge is 0.241 e. The molecule has 0 bridgehead atoms. The minimum atomic E-state index is -0.129. The van der Waals surface area contributed by atoms with E-state index in [1.165, 1.54) is 0 Å². The van der Waals surface area contributed by atoms with Crippen molar-refractivity contribution >= 4 is 5.91 Å². The van der Waals surface area contributed by atoms with Gasteiger partial charge < -0.3 is 20.6 Å². The Kier molecular flexibility index (Phi) is 4.86. The van der Waals surface area contributed by atoms with Gasteiger partial charge in [-0.1, -0.05) is 0 Å². The van der Waals surface area contributed by atoms with Crippen molar-refractivity contribution in [3.63, 3.8) is 0 Å². The predicted molar refractivity (Wildman–Crippen MR) is 54.0 cm³/mol. The summed E-state index contributed by atoms with van der Waals surface area (Å²) >= 11 is 0. The van der Waals surface area contributed by atoms with Crippen molar-refractivity contribution in [3.8, 4) is 0 Å². The van der Waals surface area contributed by atoms with Gasteiger partial charge in [-0.3, -0.25) is 4.79 Å². The van der Waals surface area contributed by atoms with Gasteiger partial charge in [-0.25, -0.2) is 0 Å². The summed E-state index contributed by atoms with van der Waals surface area (Å²) in [7, 11) is 0. The number of likely N-dealkylation sites (N-methyl/N-ethyl adjacent to an activating group) is 1. The summed E-state index contributed by atoms with van der Waals surface area (Å²) in [5.41, 5.74) is 0. The first-order chi connectivity index (χ1) is 6.79. The van der Waals surface area contributed by atoms with Crippen LogP contribution in [0.15, 0.2) is 0 Å². The number of nitrogens with one attached hydrogen (secondary N) is 2. The second-order valence-corrected chi connectivity index (χ2v) is 3.35. The van der Waals surface area contributed by atoms with Gasteiger partial charge in [0.25, 0.3) is 0 Å². The van der Waals surface area contributed by atoms with E-state index in [0.717, 1.165) is 13.1 Å². The van der Waals surface area contributed by atoms with Crippen molar-refractivity contribution in [2.24, 2.45) is 0 Å². The highest BCUT2D eigenvalue weighted by Gasteiger charge is 2.23. The van der Waals surface area contributed by atoms with Crippen LogP contribution in [0.4, 0.5) is 0 Å². The Morgan fingerprint density at radius 1 is 1.57 bits per heavy atom. The van der Waals surface area contributed by atoms with E-state index >= 15 is 0 Å². The van der Waals surface area contributed by atoms with Crippen LogP contribution in [-0.4, -0.2) is 61.3 Å². The number of amides is 1. The normalized spacial score (nSPS) is 22.0. The van der Waals surface area contributed by atoms with Crippen LogP contribution in [-0.2, 0) is 4.79 Å². The summed E-state index contributed by atoms with van der Waals surface area (Å²) in [6.07, 6.45) is 0. The number of nitrogens with zero attached hydrogens (tertiary/aromatic N) is 1. The molecule has 0 aromatic heterocycles. The summed E-state index contributed by atoms with van der Waals surface area (Å²) in [5, 5.41) is 15.1. The van der Waals surface area contributed by atoms with Crippen molar-refractivity contribution in [3.05, 3.63) is 0 Å². The van der Waals surface area contributed by atoms with Crippen LogP contribution in [0.5, 0.6) is 0 Å². The van der Waals surface area contributed by atoms with Gasteiger partial charge in [-0.2, -0.15) is 0 Å². The molecule has 1 saturated heterocycles. The number of hydrogen-bond acceptors (Lipinski definition) is 4.